The quantitative estimate of drug-likeness (QED) is 0.523. The van der Waals surface area contributed by atoms with E-state index < -0.39 is 0 Å². The van der Waals surface area contributed by atoms with Gasteiger partial charge in [-0.25, -0.2) is 9.10 Å². The molecule has 5 rings (SSSR count). The number of carbonyl (C=O) groups excluding carboxylic acids is 1. The molecule has 0 aliphatic heterocycles. The maximum Gasteiger partial charge on any atom is 0.332 e. The molecule has 0 unspecified atom stereocenters. The number of nitrogens with one attached hydrogen (secondary N) is 1. The third-order valence-electron chi connectivity index (χ3n) is 7.55. The second-order valence-electron chi connectivity index (χ2n) is 10.5. The number of aryl methyl sites for hydroxylation is 2. The minimum absolute atomic E-state index is 0.0170. The summed E-state index contributed by atoms with van der Waals surface area (Å²) in [5, 5.41) is 3.48. The molecule has 3 nitrogen and oxygen atoms in total. The molecule has 4 aliphatic rings. The summed E-state index contributed by atoms with van der Waals surface area (Å²) in [6.45, 7) is 8.87. The van der Waals surface area contributed by atoms with Crippen molar-refractivity contribution in [3.63, 3.8) is 0 Å². The number of anilines is 1. The van der Waals surface area contributed by atoms with E-state index in [-0.39, 0.29) is 11.6 Å². The van der Waals surface area contributed by atoms with E-state index in [0.29, 0.717) is 5.92 Å². The molecule has 0 aromatic heterocycles. The molecule has 1 N–H and O–H groups in total. The van der Waals surface area contributed by atoms with Crippen LogP contribution in [0.1, 0.15) is 82.9 Å². The predicted octanol–water partition coefficient (Wildman–Crippen LogP) is 6.34. The van der Waals surface area contributed by atoms with Crippen molar-refractivity contribution < 1.29 is 4.79 Å². The Morgan fingerprint density at radius 2 is 1.55 bits per heavy atom. The van der Waals surface area contributed by atoms with E-state index in [1.54, 1.807) is 4.31 Å². The van der Waals surface area contributed by atoms with Crippen molar-refractivity contribution in [1.82, 2.24) is 5.32 Å². The first-order chi connectivity index (χ1) is 13.8. The van der Waals surface area contributed by atoms with Crippen LogP contribution in [0, 0.1) is 23.7 Å². The second kappa shape index (κ2) is 8.17. The molecule has 0 saturated heterocycles. The average molecular weight is 415 g/mol. The molecule has 0 radical (unpaired) electrons. The molecule has 4 heteroatoms. The number of carbonyl (C=O) groups is 1. The standard InChI is InChI=1S/C25H38N2OS/c1-5-21-11-17(7-16(3)4)12-22(6-2)23(21)27(29)24(28)26-25-13-18-8-19(14-25)10-20(9-18)15-25/h11-12,16,18-20,29H,5-10,13-15H2,1-4H3,(H,26,28). The van der Waals surface area contributed by atoms with Crippen molar-refractivity contribution >= 4 is 24.5 Å². The van der Waals surface area contributed by atoms with Gasteiger partial charge in [0.05, 0.1) is 5.69 Å². The summed E-state index contributed by atoms with van der Waals surface area (Å²) < 4.78 is 1.62. The van der Waals surface area contributed by atoms with Crippen LogP contribution in [-0.2, 0) is 19.3 Å². The average Bonchev–Trinajstić information content (AvgIpc) is 2.64. The highest BCUT2D eigenvalue weighted by Gasteiger charge is 2.51. The normalized spacial score (nSPS) is 30.1. The summed E-state index contributed by atoms with van der Waals surface area (Å²) in [6.07, 6.45) is 10.6. The van der Waals surface area contributed by atoms with E-state index in [9.17, 15) is 4.79 Å². The molecular weight excluding hydrogens is 376 g/mol. The number of hydrogen-bond donors (Lipinski definition) is 2. The summed E-state index contributed by atoms with van der Waals surface area (Å²) in [5.41, 5.74) is 4.86. The highest BCUT2D eigenvalue weighted by Crippen LogP contribution is 2.55. The number of rotatable bonds is 6. The Morgan fingerprint density at radius 3 is 1.97 bits per heavy atom. The Balaban J connectivity index is 1.57. The summed E-state index contributed by atoms with van der Waals surface area (Å²) >= 11 is 4.74. The Kier molecular flexibility index (Phi) is 5.94. The van der Waals surface area contributed by atoms with Crippen molar-refractivity contribution in [2.45, 2.75) is 91.0 Å². The fraction of sp³-hybridized carbons (Fsp3) is 0.720. The molecule has 0 spiro atoms. The first kappa shape index (κ1) is 21.1. The largest absolute Gasteiger partial charge is 0.332 e. The molecule has 0 heterocycles. The molecule has 2 amide bonds. The zero-order chi connectivity index (χ0) is 20.8. The van der Waals surface area contributed by atoms with Crippen molar-refractivity contribution in [2.75, 3.05) is 4.31 Å². The lowest BCUT2D eigenvalue weighted by Crippen LogP contribution is -2.61. The number of hydrogen-bond acceptors (Lipinski definition) is 2. The fourth-order valence-electron chi connectivity index (χ4n) is 6.88. The van der Waals surface area contributed by atoms with Crippen LogP contribution in [0.3, 0.4) is 0 Å². The predicted molar refractivity (Wildman–Crippen MR) is 125 cm³/mol. The van der Waals surface area contributed by atoms with Gasteiger partial charge in [-0.2, -0.15) is 0 Å². The molecular formula is C25H38N2OS. The molecule has 4 saturated carbocycles. The van der Waals surface area contributed by atoms with Gasteiger partial charge in [0.15, 0.2) is 0 Å². The van der Waals surface area contributed by atoms with Crippen LogP contribution in [-0.4, -0.2) is 11.6 Å². The van der Waals surface area contributed by atoms with E-state index in [1.165, 1.54) is 55.2 Å². The Morgan fingerprint density at radius 1 is 1.07 bits per heavy atom. The number of amides is 2. The lowest BCUT2D eigenvalue weighted by molar-refractivity contribution is -0.0129. The molecule has 4 fully saturated rings. The van der Waals surface area contributed by atoms with Gasteiger partial charge in [0.1, 0.15) is 0 Å². The minimum Gasteiger partial charge on any atom is -0.331 e. The molecule has 0 atom stereocenters. The van der Waals surface area contributed by atoms with Crippen LogP contribution in [0.15, 0.2) is 12.1 Å². The Hall–Kier alpha value is -1.16. The van der Waals surface area contributed by atoms with E-state index in [1.807, 2.05) is 0 Å². The van der Waals surface area contributed by atoms with Gasteiger partial charge in [-0.15, -0.1) is 0 Å². The topological polar surface area (TPSA) is 32.3 Å². The lowest BCUT2D eigenvalue weighted by Gasteiger charge is -2.57. The van der Waals surface area contributed by atoms with E-state index >= 15 is 0 Å². The van der Waals surface area contributed by atoms with Crippen LogP contribution < -0.4 is 9.62 Å². The molecule has 29 heavy (non-hydrogen) atoms. The third kappa shape index (κ3) is 4.19. The number of benzene rings is 1. The Labute approximate surface area is 182 Å². The van der Waals surface area contributed by atoms with Crippen LogP contribution in [0.25, 0.3) is 0 Å². The van der Waals surface area contributed by atoms with Crippen molar-refractivity contribution in [2.24, 2.45) is 23.7 Å². The molecule has 4 aliphatic carbocycles. The monoisotopic (exact) mass is 414 g/mol. The summed E-state index contributed by atoms with van der Waals surface area (Å²) in [5.74, 6) is 3.09. The smallest absolute Gasteiger partial charge is 0.331 e. The van der Waals surface area contributed by atoms with Gasteiger partial charge in [-0.05, 0) is 98.1 Å². The first-order valence-corrected chi connectivity index (χ1v) is 12.2. The maximum atomic E-state index is 13.4. The van der Waals surface area contributed by atoms with Crippen molar-refractivity contribution in [1.29, 1.82) is 0 Å². The highest BCUT2D eigenvalue weighted by atomic mass is 32.1. The van der Waals surface area contributed by atoms with Crippen LogP contribution in [0.5, 0.6) is 0 Å². The molecule has 1 aromatic rings. The van der Waals surface area contributed by atoms with Crippen LogP contribution >= 0.6 is 12.8 Å². The van der Waals surface area contributed by atoms with Gasteiger partial charge in [0.2, 0.25) is 0 Å². The Bertz CT molecular complexity index is 712. The number of thiol groups is 1. The lowest BCUT2D eigenvalue weighted by atomic mass is 9.53. The summed E-state index contributed by atoms with van der Waals surface area (Å²) in [6, 6.07) is 4.54. The van der Waals surface area contributed by atoms with Crippen molar-refractivity contribution in [3.05, 3.63) is 28.8 Å². The zero-order valence-electron chi connectivity index (χ0n) is 18.6. The zero-order valence-corrected chi connectivity index (χ0v) is 19.5. The van der Waals surface area contributed by atoms with Gasteiger partial charge in [-0.3, -0.25) is 0 Å². The van der Waals surface area contributed by atoms with Gasteiger partial charge in [0, 0.05) is 5.54 Å². The van der Waals surface area contributed by atoms with E-state index in [2.05, 4.69) is 45.1 Å². The fourth-order valence-corrected chi connectivity index (χ4v) is 7.18. The maximum absolute atomic E-state index is 13.4. The summed E-state index contributed by atoms with van der Waals surface area (Å²) in [7, 11) is 0. The molecule has 4 bridgehead atoms. The van der Waals surface area contributed by atoms with Gasteiger partial charge < -0.3 is 5.32 Å². The minimum atomic E-state index is -0.0312. The summed E-state index contributed by atoms with van der Waals surface area (Å²) in [4.78, 5) is 13.4. The second-order valence-corrected chi connectivity index (χ2v) is 10.9. The van der Waals surface area contributed by atoms with Crippen LogP contribution in [0.2, 0.25) is 0 Å². The highest BCUT2D eigenvalue weighted by molar-refractivity contribution is 7.82. The van der Waals surface area contributed by atoms with Gasteiger partial charge in [0.25, 0.3) is 0 Å². The van der Waals surface area contributed by atoms with E-state index in [0.717, 1.165) is 42.7 Å². The van der Waals surface area contributed by atoms with Crippen molar-refractivity contribution in [3.8, 4) is 0 Å². The SMILES string of the molecule is CCc1cc(CC(C)C)cc(CC)c1N(S)C(=O)NC12CC3CC(CC(C3)C1)C2. The van der Waals surface area contributed by atoms with Gasteiger partial charge in [-0.1, -0.05) is 52.6 Å². The van der Waals surface area contributed by atoms with Gasteiger partial charge >= 0.3 is 6.03 Å². The van der Waals surface area contributed by atoms with E-state index in [4.69, 9.17) is 12.8 Å². The molecule has 1 aromatic carbocycles. The number of nitrogens with zero attached hydrogens (tertiary/aromatic N) is 1. The number of urea groups is 1. The molecule has 160 valence electrons. The third-order valence-corrected chi connectivity index (χ3v) is 7.93. The van der Waals surface area contributed by atoms with Crippen LogP contribution in [0.4, 0.5) is 10.5 Å². The first-order valence-electron chi connectivity index (χ1n) is 11.8.